The van der Waals surface area contributed by atoms with E-state index in [1.54, 1.807) is 26.4 Å². The fourth-order valence-electron chi connectivity index (χ4n) is 1.89. The lowest BCUT2D eigenvalue weighted by atomic mass is 10.2. The Kier molecular flexibility index (Phi) is 5.10. The predicted octanol–water partition coefficient (Wildman–Crippen LogP) is 3.81. The van der Waals surface area contributed by atoms with Crippen LogP contribution in [0.25, 0.3) is 0 Å². The highest BCUT2D eigenvalue weighted by molar-refractivity contribution is 5.56. The number of ether oxygens (including phenoxy) is 4. The molecule has 0 aliphatic carbocycles. The molecule has 0 aliphatic rings. The van der Waals surface area contributed by atoms with Gasteiger partial charge in [-0.1, -0.05) is 36.9 Å². The average Bonchev–Trinajstić information content (AvgIpc) is 2.54. The molecule has 0 N–H and O–H groups in total. The molecule has 2 rings (SSSR count). The van der Waals surface area contributed by atoms with E-state index in [1.165, 1.54) is 6.26 Å². The lowest BCUT2D eigenvalue weighted by molar-refractivity contribution is 0.264. The first kappa shape index (κ1) is 14.8. The first-order valence-electron chi connectivity index (χ1n) is 6.48. The van der Waals surface area contributed by atoms with Crippen molar-refractivity contribution >= 4 is 0 Å². The number of hydrogen-bond donors (Lipinski definition) is 0. The Bertz CT molecular complexity index is 568. The molecule has 0 aromatic heterocycles. The SMILES string of the molecule is C=COc1cc(OC)c(OCc2ccccc2)c(OC)c1. The van der Waals surface area contributed by atoms with Gasteiger partial charge in [0.15, 0.2) is 11.5 Å². The lowest BCUT2D eigenvalue weighted by Gasteiger charge is -2.15. The van der Waals surface area contributed by atoms with Gasteiger partial charge in [0, 0.05) is 12.1 Å². The second-order valence-electron chi connectivity index (χ2n) is 4.22. The summed E-state index contributed by atoms with van der Waals surface area (Å²) in [5.74, 6) is 2.20. The van der Waals surface area contributed by atoms with Gasteiger partial charge in [0.2, 0.25) is 5.75 Å². The van der Waals surface area contributed by atoms with E-state index in [0.717, 1.165) is 5.56 Å². The zero-order chi connectivity index (χ0) is 15.1. The van der Waals surface area contributed by atoms with E-state index in [4.69, 9.17) is 18.9 Å². The first-order valence-corrected chi connectivity index (χ1v) is 6.48. The van der Waals surface area contributed by atoms with Crippen molar-refractivity contribution in [3.05, 3.63) is 60.9 Å². The molecule has 110 valence electrons. The second-order valence-corrected chi connectivity index (χ2v) is 4.22. The van der Waals surface area contributed by atoms with Crippen LogP contribution in [0, 0.1) is 0 Å². The average molecular weight is 286 g/mol. The van der Waals surface area contributed by atoms with Gasteiger partial charge < -0.3 is 18.9 Å². The van der Waals surface area contributed by atoms with Crippen molar-refractivity contribution in [3.8, 4) is 23.0 Å². The molecule has 2 aromatic carbocycles. The van der Waals surface area contributed by atoms with Crippen molar-refractivity contribution in [2.75, 3.05) is 14.2 Å². The minimum atomic E-state index is 0.426. The summed E-state index contributed by atoms with van der Waals surface area (Å²) in [6, 6.07) is 13.3. The van der Waals surface area contributed by atoms with Gasteiger partial charge in [-0.15, -0.1) is 0 Å². The van der Waals surface area contributed by atoms with E-state index in [9.17, 15) is 0 Å². The molecule has 0 spiro atoms. The molecule has 2 aromatic rings. The van der Waals surface area contributed by atoms with E-state index >= 15 is 0 Å². The number of methoxy groups -OCH3 is 2. The van der Waals surface area contributed by atoms with Gasteiger partial charge in [-0.25, -0.2) is 0 Å². The van der Waals surface area contributed by atoms with E-state index in [-0.39, 0.29) is 0 Å². The summed E-state index contributed by atoms with van der Waals surface area (Å²) in [5.41, 5.74) is 1.06. The minimum absolute atomic E-state index is 0.426. The van der Waals surface area contributed by atoms with Crippen molar-refractivity contribution in [3.63, 3.8) is 0 Å². The highest BCUT2D eigenvalue weighted by Crippen LogP contribution is 2.41. The summed E-state index contributed by atoms with van der Waals surface area (Å²) < 4.78 is 21.8. The maximum Gasteiger partial charge on any atom is 0.204 e. The quantitative estimate of drug-likeness (QED) is 0.725. The van der Waals surface area contributed by atoms with E-state index < -0.39 is 0 Å². The third-order valence-corrected chi connectivity index (χ3v) is 2.88. The second kappa shape index (κ2) is 7.24. The van der Waals surface area contributed by atoms with Crippen molar-refractivity contribution in [1.82, 2.24) is 0 Å². The van der Waals surface area contributed by atoms with E-state index in [2.05, 4.69) is 6.58 Å². The molecule has 0 aliphatic heterocycles. The Labute approximate surface area is 124 Å². The summed E-state index contributed by atoms with van der Waals surface area (Å²) in [4.78, 5) is 0. The summed E-state index contributed by atoms with van der Waals surface area (Å²) >= 11 is 0. The van der Waals surface area contributed by atoms with Gasteiger partial charge in [-0.2, -0.15) is 0 Å². The van der Waals surface area contributed by atoms with Gasteiger partial charge >= 0.3 is 0 Å². The Morgan fingerprint density at radius 2 is 1.62 bits per heavy atom. The van der Waals surface area contributed by atoms with E-state index in [0.29, 0.717) is 29.6 Å². The molecule has 0 fully saturated rings. The molecule has 0 saturated heterocycles. The fraction of sp³-hybridized carbons (Fsp3) is 0.176. The van der Waals surface area contributed by atoms with Crippen LogP contribution in [0.2, 0.25) is 0 Å². The van der Waals surface area contributed by atoms with Crippen LogP contribution in [0.4, 0.5) is 0 Å². The monoisotopic (exact) mass is 286 g/mol. The first-order chi connectivity index (χ1) is 10.3. The zero-order valence-corrected chi connectivity index (χ0v) is 12.2. The molecule has 0 unspecified atom stereocenters. The van der Waals surface area contributed by atoms with Crippen LogP contribution in [0.1, 0.15) is 5.56 Å². The molecule has 0 amide bonds. The summed E-state index contributed by atoms with van der Waals surface area (Å²) in [5, 5.41) is 0. The molecule has 21 heavy (non-hydrogen) atoms. The van der Waals surface area contributed by atoms with Crippen LogP contribution >= 0.6 is 0 Å². The largest absolute Gasteiger partial charge is 0.493 e. The maximum absolute atomic E-state index is 5.84. The normalized spacial score (nSPS) is 9.81. The molecule has 4 heteroatoms. The van der Waals surface area contributed by atoms with Crippen molar-refractivity contribution < 1.29 is 18.9 Å². The smallest absolute Gasteiger partial charge is 0.204 e. The van der Waals surface area contributed by atoms with Crippen LogP contribution in [0.3, 0.4) is 0 Å². The highest BCUT2D eigenvalue weighted by atomic mass is 16.5. The van der Waals surface area contributed by atoms with Gasteiger partial charge in [0.25, 0.3) is 0 Å². The van der Waals surface area contributed by atoms with Crippen LogP contribution in [-0.2, 0) is 6.61 Å². The lowest BCUT2D eigenvalue weighted by Crippen LogP contribution is -2.00. The summed E-state index contributed by atoms with van der Waals surface area (Å²) in [6.07, 6.45) is 1.35. The Morgan fingerprint density at radius 3 is 2.14 bits per heavy atom. The molecule has 0 radical (unpaired) electrons. The molecule has 0 saturated carbocycles. The highest BCUT2D eigenvalue weighted by Gasteiger charge is 2.15. The van der Waals surface area contributed by atoms with Crippen LogP contribution in [0.5, 0.6) is 23.0 Å². The van der Waals surface area contributed by atoms with Crippen LogP contribution in [-0.4, -0.2) is 14.2 Å². The van der Waals surface area contributed by atoms with Crippen LogP contribution < -0.4 is 18.9 Å². The maximum atomic E-state index is 5.84. The van der Waals surface area contributed by atoms with E-state index in [1.807, 2.05) is 30.3 Å². The summed E-state index contributed by atoms with van der Waals surface area (Å²) in [6.45, 7) is 3.96. The van der Waals surface area contributed by atoms with Gasteiger partial charge in [0.05, 0.1) is 20.5 Å². The molecule has 4 nitrogen and oxygen atoms in total. The molecular weight excluding hydrogens is 268 g/mol. The standard InChI is InChI=1S/C17H18O4/c1-4-20-14-10-15(18-2)17(16(11-14)19-3)21-12-13-8-6-5-7-9-13/h4-11H,1,12H2,2-3H3. The molecule has 0 heterocycles. The number of hydrogen-bond acceptors (Lipinski definition) is 4. The third kappa shape index (κ3) is 3.69. The summed E-state index contributed by atoms with van der Waals surface area (Å²) in [7, 11) is 3.14. The number of benzene rings is 2. The van der Waals surface area contributed by atoms with Crippen molar-refractivity contribution in [2.45, 2.75) is 6.61 Å². The zero-order valence-electron chi connectivity index (χ0n) is 12.2. The molecular formula is C17H18O4. The third-order valence-electron chi connectivity index (χ3n) is 2.88. The van der Waals surface area contributed by atoms with Gasteiger partial charge in [0.1, 0.15) is 12.4 Å². The Morgan fingerprint density at radius 1 is 1.00 bits per heavy atom. The van der Waals surface area contributed by atoms with Crippen LogP contribution in [0.15, 0.2) is 55.3 Å². The van der Waals surface area contributed by atoms with Crippen molar-refractivity contribution in [1.29, 1.82) is 0 Å². The van der Waals surface area contributed by atoms with Gasteiger partial charge in [-0.3, -0.25) is 0 Å². The van der Waals surface area contributed by atoms with Crippen molar-refractivity contribution in [2.24, 2.45) is 0 Å². The topological polar surface area (TPSA) is 36.9 Å². The molecule has 0 bridgehead atoms. The Hall–Kier alpha value is -2.62. The minimum Gasteiger partial charge on any atom is -0.493 e. The molecule has 0 atom stereocenters. The number of rotatable bonds is 7. The Balaban J connectivity index is 2.26. The predicted molar refractivity (Wildman–Crippen MR) is 81.1 cm³/mol. The fourth-order valence-corrected chi connectivity index (χ4v) is 1.89. The van der Waals surface area contributed by atoms with Gasteiger partial charge in [-0.05, 0) is 5.56 Å².